The van der Waals surface area contributed by atoms with Crippen LogP contribution >= 0.6 is 22.7 Å². The van der Waals surface area contributed by atoms with Gasteiger partial charge in [0, 0.05) is 19.3 Å². The van der Waals surface area contributed by atoms with E-state index < -0.39 is 0 Å². The van der Waals surface area contributed by atoms with E-state index in [1.54, 1.807) is 15.9 Å². The molecule has 1 aliphatic heterocycles. The van der Waals surface area contributed by atoms with E-state index in [0.29, 0.717) is 0 Å². The summed E-state index contributed by atoms with van der Waals surface area (Å²) >= 11 is 3.23. The van der Waals surface area contributed by atoms with Crippen LogP contribution in [0.5, 0.6) is 5.88 Å². The first kappa shape index (κ1) is 16.0. The highest BCUT2D eigenvalue weighted by Crippen LogP contribution is 2.36. The molecule has 1 saturated heterocycles. The molecule has 3 N–H and O–H groups in total. The minimum absolute atomic E-state index is 0.0797. The third kappa shape index (κ3) is 2.73. The van der Waals surface area contributed by atoms with Crippen LogP contribution in [0.1, 0.15) is 41.4 Å². The Balaban J connectivity index is 1.76. The molecule has 0 bridgehead atoms. The SMILES string of the molecule is CCc1nc2sc([C@@H](c3cccs3)[NH+]3CCC(O)CC3)c(O)n2n1. The summed E-state index contributed by atoms with van der Waals surface area (Å²) in [5.41, 5.74) is 0. The number of quaternary nitrogens is 1. The van der Waals surface area contributed by atoms with Crippen LogP contribution in [0.15, 0.2) is 17.5 Å². The molecule has 128 valence electrons. The molecular weight excluding hydrogens is 344 g/mol. The number of aromatic hydroxyl groups is 1. The molecule has 24 heavy (non-hydrogen) atoms. The second kappa shape index (κ2) is 6.44. The molecule has 1 aliphatic rings. The van der Waals surface area contributed by atoms with Gasteiger partial charge >= 0.3 is 0 Å². The Hall–Kier alpha value is -1.48. The first-order chi connectivity index (χ1) is 11.7. The number of piperidine rings is 1. The lowest BCUT2D eigenvalue weighted by Crippen LogP contribution is -3.13. The number of aromatic nitrogens is 3. The summed E-state index contributed by atoms with van der Waals surface area (Å²) in [5, 5.41) is 27.1. The van der Waals surface area contributed by atoms with Gasteiger partial charge in [-0.25, -0.2) is 4.98 Å². The van der Waals surface area contributed by atoms with Crippen LogP contribution < -0.4 is 4.90 Å². The van der Waals surface area contributed by atoms with Crippen molar-refractivity contribution in [3.63, 3.8) is 0 Å². The zero-order valence-electron chi connectivity index (χ0n) is 13.5. The molecule has 0 unspecified atom stereocenters. The van der Waals surface area contributed by atoms with Crippen LogP contribution in [-0.2, 0) is 6.42 Å². The smallest absolute Gasteiger partial charge is 0.235 e. The Morgan fingerprint density at radius 1 is 1.42 bits per heavy atom. The van der Waals surface area contributed by atoms with Crippen molar-refractivity contribution in [2.75, 3.05) is 13.1 Å². The molecule has 4 rings (SSSR count). The predicted octanol–water partition coefficient (Wildman–Crippen LogP) is 1.25. The first-order valence-corrected chi connectivity index (χ1v) is 10.00. The lowest BCUT2D eigenvalue weighted by Gasteiger charge is -2.32. The van der Waals surface area contributed by atoms with Crippen molar-refractivity contribution in [3.8, 4) is 5.88 Å². The number of nitrogens with zero attached hydrogens (tertiary/aromatic N) is 3. The van der Waals surface area contributed by atoms with Crippen LogP contribution in [-0.4, -0.2) is 44.0 Å². The van der Waals surface area contributed by atoms with Crippen LogP contribution in [0.3, 0.4) is 0 Å². The summed E-state index contributed by atoms with van der Waals surface area (Å²) in [6, 6.07) is 4.25. The molecule has 1 fully saturated rings. The van der Waals surface area contributed by atoms with E-state index in [0.717, 1.165) is 48.0 Å². The summed E-state index contributed by atoms with van der Waals surface area (Å²) < 4.78 is 1.57. The minimum atomic E-state index is -0.194. The minimum Gasteiger partial charge on any atom is -0.492 e. The molecule has 0 amide bonds. The standard InChI is InChI=1S/C16H20N4O2S2/c1-2-12-17-16-20(18-12)15(22)14(24-16)13(11-4-3-9-23-11)19-7-5-10(21)6-8-19/h3-4,9-10,13,21-22H,2,5-8H2,1H3/p+1/t13-/m1/s1. The van der Waals surface area contributed by atoms with E-state index in [-0.39, 0.29) is 18.0 Å². The third-order valence-electron chi connectivity index (χ3n) is 4.66. The summed E-state index contributed by atoms with van der Waals surface area (Å²) in [6.45, 7) is 3.81. The Morgan fingerprint density at radius 3 is 2.83 bits per heavy atom. The average Bonchev–Trinajstić information content (AvgIpc) is 3.29. The molecule has 0 aliphatic carbocycles. The van der Waals surface area contributed by atoms with Crippen LogP contribution in [0, 0.1) is 0 Å². The van der Waals surface area contributed by atoms with Crippen molar-refractivity contribution in [2.45, 2.75) is 38.3 Å². The molecule has 6 nitrogen and oxygen atoms in total. The lowest BCUT2D eigenvalue weighted by molar-refractivity contribution is -0.930. The maximum atomic E-state index is 10.8. The number of fused-ring (bicyclic) bond motifs is 1. The highest BCUT2D eigenvalue weighted by Gasteiger charge is 2.35. The Morgan fingerprint density at radius 2 is 2.21 bits per heavy atom. The van der Waals surface area contributed by atoms with Crippen LogP contribution in [0.4, 0.5) is 0 Å². The fourth-order valence-electron chi connectivity index (χ4n) is 3.36. The molecule has 0 radical (unpaired) electrons. The van der Waals surface area contributed by atoms with Gasteiger partial charge in [0.05, 0.1) is 24.1 Å². The number of aryl methyl sites for hydroxylation is 1. The molecular formula is C16H21N4O2S2+. The van der Waals surface area contributed by atoms with Gasteiger partial charge in [-0.1, -0.05) is 24.3 Å². The van der Waals surface area contributed by atoms with Crippen molar-refractivity contribution in [2.24, 2.45) is 0 Å². The summed E-state index contributed by atoms with van der Waals surface area (Å²) in [4.78, 5) is 8.78. The average molecular weight is 366 g/mol. The molecule has 0 aromatic carbocycles. The lowest BCUT2D eigenvalue weighted by atomic mass is 10.0. The number of likely N-dealkylation sites (tertiary alicyclic amines) is 1. The van der Waals surface area contributed by atoms with Crippen LogP contribution in [0.25, 0.3) is 4.96 Å². The van der Waals surface area contributed by atoms with Gasteiger partial charge in [0.2, 0.25) is 10.8 Å². The second-order valence-corrected chi connectivity index (χ2v) is 8.19. The normalized spacial score (nSPS) is 22.9. The summed E-state index contributed by atoms with van der Waals surface area (Å²) in [7, 11) is 0. The number of hydrogen-bond donors (Lipinski definition) is 3. The van der Waals surface area contributed by atoms with E-state index in [4.69, 9.17) is 0 Å². The molecule has 4 heterocycles. The third-order valence-corrected chi connectivity index (χ3v) is 6.68. The van der Waals surface area contributed by atoms with Gasteiger partial charge in [-0.3, -0.25) is 0 Å². The molecule has 3 aromatic heterocycles. The quantitative estimate of drug-likeness (QED) is 0.650. The summed E-state index contributed by atoms with van der Waals surface area (Å²) in [6.07, 6.45) is 2.17. The van der Waals surface area contributed by atoms with Gasteiger partial charge in [-0.05, 0) is 11.4 Å². The maximum absolute atomic E-state index is 10.8. The van der Waals surface area contributed by atoms with Crippen molar-refractivity contribution in [3.05, 3.63) is 33.1 Å². The number of thiazole rings is 1. The van der Waals surface area contributed by atoms with E-state index in [2.05, 4.69) is 27.6 Å². The van der Waals surface area contributed by atoms with Gasteiger partial charge in [-0.2, -0.15) is 4.52 Å². The van der Waals surface area contributed by atoms with Crippen molar-refractivity contribution in [1.29, 1.82) is 0 Å². The van der Waals surface area contributed by atoms with E-state index in [1.807, 2.05) is 6.92 Å². The van der Waals surface area contributed by atoms with Gasteiger partial charge in [0.15, 0.2) is 11.9 Å². The van der Waals surface area contributed by atoms with Gasteiger partial charge in [0.1, 0.15) is 4.88 Å². The van der Waals surface area contributed by atoms with Gasteiger partial charge in [0.25, 0.3) is 0 Å². The predicted molar refractivity (Wildman–Crippen MR) is 94.0 cm³/mol. The number of rotatable bonds is 4. The molecule has 3 aromatic rings. The summed E-state index contributed by atoms with van der Waals surface area (Å²) in [5.74, 6) is 0.962. The van der Waals surface area contributed by atoms with E-state index in [1.165, 1.54) is 21.1 Å². The Kier molecular flexibility index (Phi) is 4.29. The molecule has 0 spiro atoms. The number of hydrogen-bond acceptors (Lipinski definition) is 6. The monoisotopic (exact) mass is 365 g/mol. The maximum Gasteiger partial charge on any atom is 0.235 e. The fourth-order valence-corrected chi connectivity index (χ4v) is 5.48. The fraction of sp³-hybridized carbons (Fsp3) is 0.500. The Bertz CT molecular complexity index is 819. The van der Waals surface area contributed by atoms with E-state index in [9.17, 15) is 10.2 Å². The largest absolute Gasteiger partial charge is 0.492 e. The molecule has 0 saturated carbocycles. The number of thiophene rings is 1. The highest BCUT2D eigenvalue weighted by molar-refractivity contribution is 7.17. The zero-order chi connectivity index (χ0) is 16.7. The van der Waals surface area contributed by atoms with E-state index >= 15 is 0 Å². The molecule has 1 atom stereocenters. The number of aliphatic hydroxyl groups is 1. The second-order valence-electron chi connectivity index (χ2n) is 6.20. The Labute approximate surface area is 148 Å². The zero-order valence-corrected chi connectivity index (χ0v) is 15.1. The van der Waals surface area contributed by atoms with Crippen molar-refractivity contribution < 1.29 is 15.1 Å². The van der Waals surface area contributed by atoms with Crippen molar-refractivity contribution >= 4 is 27.6 Å². The highest BCUT2D eigenvalue weighted by atomic mass is 32.1. The van der Waals surface area contributed by atoms with Crippen LogP contribution in [0.2, 0.25) is 0 Å². The van der Waals surface area contributed by atoms with Crippen molar-refractivity contribution in [1.82, 2.24) is 14.6 Å². The number of nitrogens with one attached hydrogen (secondary N) is 1. The topological polar surface area (TPSA) is 75.1 Å². The molecule has 8 heteroatoms. The van der Waals surface area contributed by atoms with Gasteiger partial charge in [-0.15, -0.1) is 16.4 Å². The first-order valence-electron chi connectivity index (χ1n) is 8.30. The number of aliphatic hydroxyl groups excluding tert-OH is 1. The van der Waals surface area contributed by atoms with Gasteiger partial charge < -0.3 is 15.1 Å².